The molecule has 2 atom stereocenters. The molecule has 4 heterocycles. The molecule has 170 valence electrons. The third-order valence-electron chi connectivity index (χ3n) is 6.63. The first kappa shape index (κ1) is 21.3. The number of nitrogens with one attached hydrogen (secondary N) is 1. The molecular weight excluding hydrogens is 426 g/mol. The average Bonchev–Trinajstić information content (AvgIpc) is 3.39. The number of halogens is 2. The van der Waals surface area contributed by atoms with Crippen LogP contribution in [0.25, 0.3) is 5.65 Å². The number of pyridine rings is 1. The maximum atomic E-state index is 14.2. The summed E-state index contributed by atoms with van der Waals surface area (Å²) < 4.78 is 29.6. The number of rotatable bonds is 6. The molecule has 1 N–H and O–H groups in total. The van der Waals surface area contributed by atoms with Crippen LogP contribution in [0.4, 0.5) is 14.5 Å². The molecule has 9 heteroatoms. The minimum absolute atomic E-state index is 0.0410. The molecule has 3 aromatic rings. The summed E-state index contributed by atoms with van der Waals surface area (Å²) >= 11 is 0. The zero-order valence-electron chi connectivity index (χ0n) is 18.0. The standard InChI is InChI=1S/C24H24F2N6O/c25-20-4-3-17(11-16(20)12-27)32-18-1-2-19(32)15-30(14-18)24(33)7-8-28-13-22-21(26)5-6-23-29-9-10-31(22)23/h3-6,9-11,18-19,28H,1-2,7-8,13-15H2. The molecule has 2 bridgehead atoms. The van der Waals surface area contributed by atoms with Crippen LogP contribution in [0.3, 0.4) is 0 Å². The highest BCUT2D eigenvalue weighted by atomic mass is 19.1. The first-order chi connectivity index (χ1) is 16.0. The van der Waals surface area contributed by atoms with Gasteiger partial charge < -0.3 is 15.1 Å². The number of nitriles is 1. The van der Waals surface area contributed by atoms with Gasteiger partial charge in [-0.1, -0.05) is 0 Å². The molecule has 2 aliphatic heterocycles. The number of carbonyl (C=O) groups excluding carboxylic acids is 1. The Morgan fingerprint density at radius 1 is 1.15 bits per heavy atom. The molecule has 7 nitrogen and oxygen atoms in total. The van der Waals surface area contributed by atoms with Crippen molar-refractivity contribution in [3.8, 4) is 6.07 Å². The lowest BCUT2D eigenvalue weighted by molar-refractivity contribution is -0.132. The first-order valence-corrected chi connectivity index (χ1v) is 11.1. The van der Waals surface area contributed by atoms with Gasteiger partial charge in [0.2, 0.25) is 5.91 Å². The number of fused-ring (bicyclic) bond motifs is 3. The lowest BCUT2D eigenvalue weighted by Crippen LogP contribution is -2.55. The highest BCUT2D eigenvalue weighted by Gasteiger charge is 2.41. The van der Waals surface area contributed by atoms with E-state index in [4.69, 9.17) is 5.26 Å². The van der Waals surface area contributed by atoms with E-state index in [1.54, 1.807) is 35.0 Å². The Hall–Kier alpha value is -3.51. The minimum atomic E-state index is -0.515. The summed E-state index contributed by atoms with van der Waals surface area (Å²) in [4.78, 5) is 21.1. The van der Waals surface area contributed by atoms with Crippen LogP contribution in [0.2, 0.25) is 0 Å². The molecule has 2 saturated heterocycles. The van der Waals surface area contributed by atoms with E-state index in [1.807, 2.05) is 11.0 Å². The Morgan fingerprint density at radius 2 is 1.91 bits per heavy atom. The summed E-state index contributed by atoms with van der Waals surface area (Å²) in [5.41, 5.74) is 2.05. The van der Waals surface area contributed by atoms with Gasteiger partial charge in [-0.05, 0) is 43.2 Å². The average molecular weight is 450 g/mol. The molecule has 2 aliphatic rings. The van der Waals surface area contributed by atoms with Crippen molar-refractivity contribution in [3.05, 3.63) is 65.6 Å². The van der Waals surface area contributed by atoms with Gasteiger partial charge in [-0.25, -0.2) is 13.8 Å². The fraction of sp³-hybridized carbons (Fsp3) is 0.375. The SMILES string of the molecule is N#Cc1cc(N2C3CCC2CN(C(=O)CCNCc2c(F)ccc4nccn24)C3)ccc1F. The van der Waals surface area contributed by atoms with Gasteiger partial charge in [-0.15, -0.1) is 0 Å². The number of anilines is 1. The van der Waals surface area contributed by atoms with E-state index in [9.17, 15) is 13.6 Å². The van der Waals surface area contributed by atoms with Crippen LogP contribution >= 0.6 is 0 Å². The fourth-order valence-electron chi connectivity index (χ4n) is 5.04. The summed E-state index contributed by atoms with van der Waals surface area (Å²) in [5, 5.41) is 12.3. The van der Waals surface area contributed by atoms with E-state index < -0.39 is 5.82 Å². The number of aromatic nitrogens is 2. The number of amides is 1. The summed E-state index contributed by atoms with van der Waals surface area (Å²) in [5.74, 6) is -0.761. The second-order valence-electron chi connectivity index (χ2n) is 8.58. The van der Waals surface area contributed by atoms with Crippen molar-refractivity contribution in [2.75, 3.05) is 24.5 Å². The van der Waals surface area contributed by atoms with Gasteiger partial charge >= 0.3 is 0 Å². The van der Waals surface area contributed by atoms with E-state index in [-0.39, 0.29) is 29.4 Å². The van der Waals surface area contributed by atoms with Gasteiger partial charge in [0.05, 0.1) is 11.3 Å². The predicted octanol–water partition coefficient (Wildman–Crippen LogP) is 2.84. The van der Waals surface area contributed by atoms with E-state index in [0.29, 0.717) is 43.9 Å². The van der Waals surface area contributed by atoms with Crippen LogP contribution in [-0.2, 0) is 11.3 Å². The number of nitrogens with zero attached hydrogens (tertiary/aromatic N) is 5. The van der Waals surface area contributed by atoms with Crippen LogP contribution in [0.5, 0.6) is 0 Å². The lowest BCUT2D eigenvalue weighted by atomic mass is 10.1. The molecule has 0 radical (unpaired) electrons. The molecule has 0 spiro atoms. The van der Waals surface area contributed by atoms with Crippen molar-refractivity contribution in [2.45, 2.75) is 37.9 Å². The largest absolute Gasteiger partial charge is 0.362 e. The summed E-state index contributed by atoms with van der Waals surface area (Å²) in [6.07, 6.45) is 5.59. The Balaban J connectivity index is 1.17. The third-order valence-corrected chi connectivity index (χ3v) is 6.63. The van der Waals surface area contributed by atoms with Crippen LogP contribution < -0.4 is 10.2 Å². The van der Waals surface area contributed by atoms with Crippen LogP contribution in [0.1, 0.15) is 30.5 Å². The minimum Gasteiger partial charge on any atom is -0.362 e. The number of piperazine rings is 1. The van der Waals surface area contributed by atoms with Crippen molar-refractivity contribution < 1.29 is 13.6 Å². The number of hydrogen-bond donors (Lipinski definition) is 1. The fourth-order valence-corrected chi connectivity index (χ4v) is 5.04. The lowest BCUT2D eigenvalue weighted by Gasteiger charge is -2.42. The molecule has 2 unspecified atom stereocenters. The van der Waals surface area contributed by atoms with E-state index >= 15 is 0 Å². The zero-order chi connectivity index (χ0) is 22.9. The summed E-state index contributed by atoms with van der Waals surface area (Å²) in [6, 6.07) is 9.90. The zero-order valence-corrected chi connectivity index (χ0v) is 18.0. The smallest absolute Gasteiger partial charge is 0.223 e. The topological polar surface area (TPSA) is 76.7 Å². The van der Waals surface area contributed by atoms with Gasteiger partial charge in [-0.3, -0.25) is 9.20 Å². The molecular formula is C24H24F2N6O. The molecule has 1 amide bonds. The quantitative estimate of drug-likeness (QED) is 0.585. The molecule has 5 rings (SSSR count). The second kappa shape index (κ2) is 8.79. The van der Waals surface area contributed by atoms with Crippen molar-refractivity contribution in [1.82, 2.24) is 19.6 Å². The molecule has 2 aromatic heterocycles. The number of hydrogen-bond acceptors (Lipinski definition) is 5. The first-order valence-electron chi connectivity index (χ1n) is 11.1. The van der Waals surface area contributed by atoms with Gasteiger partial charge in [0, 0.05) is 62.8 Å². The third kappa shape index (κ3) is 4.02. The molecule has 33 heavy (non-hydrogen) atoms. The molecule has 2 fully saturated rings. The van der Waals surface area contributed by atoms with Crippen LogP contribution in [0.15, 0.2) is 42.7 Å². The number of imidazole rings is 1. The van der Waals surface area contributed by atoms with E-state index in [0.717, 1.165) is 18.5 Å². The van der Waals surface area contributed by atoms with Crippen LogP contribution in [-0.4, -0.2) is 51.9 Å². The van der Waals surface area contributed by atoms with Gasteiger partial charge in [-0.2, -0.15) is 5.26 Å². The monoisotopic (exact) mass is 450 g/mol. The normalized spacial score (nSPS) is 19.8. The predicted molar refractivity (Wildman–Crippen MR) is 118 cm³/mol. The van der Waals surface area contributed by atoms with Gasteiger partial charge in [0.15, 0.2) is 0 Å². The summed E-state index contributed by atoms with van der Waals surface area (Å²) in [7, 11) is 0. The maximum Gasteiger partial charge on any atom is 0.223 e. The van der Waals surface area contributed by atoms with E-state index in [1.165, 1.54) is 12.1 Å². The Morgan fingerprint density at radius 3 is 2.67 bits per heavy atom. The number of likely N-dealkylation sites (tertiary alicyclic amines) is 1. The molecule has 0 saturated carbocycles. The maximum absolute atomic E-state index is 14.2. The molecule has 1 aromatic carbocycles. The summed E-state index contributed by atoms with van der Waals surface area (Å²) in [6.45, 7) is 1.97. The molecule has 0 aliphatic carbocycles. The highest BCUT2D eigenvalue weighted by Crippen LogP contribution is 2.35. The van der Waals surface area contributed by atoms with Crippen molar-refractivity contribution in [3.63, 3.8) is 0 Å². The van der Waals surface area contributed by atoms with Crippen molar-refractivity contribution in [1.29, 1.82) is 5.26 Å². The number of carbonyl (C=O) groups is 1. The van der Waals surface area contributed by atoms with Crippen molar-refractivity contribution in [2.24, 2.45) is 0 Å². The second-order valence-corrected chi connectivity index (χ2v) is 8.58. The van der Waals surface area contributed by atoms with Crippen molar-refractivity contribution >= 4 is 17.2 Å². The number of benzene rings is 1. The van der Waals surface area contributed by atoms with Crippen LogP contribution in [0, 0.1) is 23.0 Å². The Bertz CT molecular complexity index is 1220. The Kier molecular flexibility index (Phi) is 5.68. The van der Waals surface area contributed by atoms with Gasteiger partial charge in [0.1, 0.15) is 23.4 Å². The van der Waals surface area contributed by atoms with E-state index in [2.05, 4.69) is 15.2 Å². The van der Waals surface area contributed by atoms with Gasteiger partial charge in [0.25, 0.3) is 0 Å². The Labute approximate surface area is 190 Å². The highest BCUT2D eigenvalue weighted by molar-refractivity contribution is 5.77.